The van der Waals surface area contributed by atoms with E-state index in [9.17, 15) is 14.4 Å². The lowest BCUT2D eigenvalue weighted by Crippen LogP contribution is -2.54. The SMILES string of the molecule is O=C(NCCO)C(=O)N1CCN(C(=O)c2cc3ccccc3[nH]2)CC1. The number of benzene rings is 1. The summed E-state index contributed by atoms with van der Waals surface area (Å²) >= 11 is 0. The zero-order valence-electron chi connectivity index (χ0n) is 13.7. The number of fused-ring (bicyclic) bond motifs is 1. The van der Waals surface area contributed by atoms with Crippen LogP contribution in [0.25, 0.3) is 10.9 Å². The molecule has 0 unspecified atom stereocenters. The van der Waals surface area contributed by atoms with Crippen LogP contribution in [0, 0.1) is 0 Å². The summed E-state index contributed by atoms with van der Waals surface area (Å²) in [6.07, 6.45) is 0. The van der Waals surface area contributed by atoms with Crippen LogP contribution in [0.2, 0.25) is 0 Å². The lowest BCUT2D eigenvalue weighted by atomic mass is 10.2. The zero-order chi connectivity index (χ0) is 17.8. The van der Waals surface area contributed by atoms with E-state index in [1.807, 2.05) is 30.3 Å². The topological polar surface area (TPSA) is 106 Å². The standard InChI is InChI=1S/C17H20N4O4/c22-10-5-18-15(23)17(25)21-8-6-20(7-9-21)16(24)14-11-12-3-1-2-4-13(12)19-14/h1-4,11,19,22H,5-10H2,(H,18,23). The predicted octanol–water partition coefficient (Wildman–Crippen LogP) is -0.439. The fourth-order valence-corrected chi connectivity index (χ4v) is 2.86. The van der Waals surface area contributed by atoms with E-state index in [-0.39, 0.29) is 19.1 Å². The molecule has 25 heavy (non-hydrogen) atoms. The molecule has 0 atom stereocenters. The second kappa shape index (κ2) is 7.35. The lowest BCUT2D eigenvalue weighted by molar-refractivity contribution is -0.146. The number of aliphatic hydroxyl groups excluding tert-OH is 1. The van der Waals surface area contributed by atoms with Gasteiger partial charge in [-0.05, 0) is 12.1 Å². The van der Waals surface area contributed by atoms with Crippen LogP contribution in [0.5, 0.6) is 0 Å². The van der Waals surface area contributed by atoms with E-state index in [1.165, 1.54) is 4.90 Å². The molecule has 0 spiro atoms. The first-order valence-corrected chi connectivity index (χ1v) is 8.15. The number of nitrogens with zero attached hydrogens (tertiary/aromatic N) is 2. The fraction of sp³-hybridized carbons (Fsp3) is 0.353. The van der Waals surface area contributed by atoms with Crippen molar-refractivity contribution in [3.8, 4) is 0 Å². The first-order valence-electron chi connectivity index (χ1n) is 8.15. The van der Waals surface area contributed by atoms with E-state index in [2.05, 4.69) is 10.3 Å². The van der Waals surface area contributed by atoms with Crippen LogP contribution < -0.4 is 5.32 Å². The summed E-state index contributed by atoms with van der Waals surface area (Å²) in [6.45, 7) is 1.17. The van der Waals surface area contributed by atoms with Crippen molar-refractivity contribution in [2.75, 3.05) is 39.3 Å². The summed E-state index contributed by atoms with van der Waals surface area (Å²) in [6, 6.07) is 9.48. The molecule has 1 fully saturated rings. The molecule has 1 aliphatic heterocycles. The molecule has 0 aliphatic carbocycles. The Hall–Kier alpha value is -2.87. The maximum absolute atomic E-state index is 12.6. The Kier molecular flexibility index (Phi) is 4.99. The van der Waals surface area contributed by atoms with Gasteiger partial charge in [0.1, 0.15) is 5.69 Å². The molecule has 3 rings (SSSR count). The van der Waals surface area contributed by atoms with Gasteiger partial charge in [0.2, 0.25) is 0 Å². The highest BCUT2D eigenvalue weighted by atomic mass is 16.3. The Morgan fingerprint density at radius 3 is 2.44 bits per heavy atom. The highest BCUT2D eigenvalue weighted by Crippen LogP contribution is 2.16. The van der Waals surface area contributed by atoms with Crippen LogP contribution in [0.3, 0.4) is 0 Å². The number of aromatic nitrogens is 1. The van der Waals surface area contributed by atoms with Crippen LogP contribution in [-0.4, -0.2) is 76.9 Å². The molecule has 1 saturated heterocycles. The third-order valence-corrected chi connectivity index (χ3v) is 4.21. The van der Waals surface area contributed by atoms with Gasteiger partial charge in [-0.1, -0.05) is 18.2 Å². The smallest absolute Gasteiger partial charge is 0.312 e. The normalized spacial score (nSPS) is 14.6. The van der Waals surface area contributed by atoms with E-state index in [1.54, 1.807) is 4.90 Å². The number of nitrogens with one attached hydrogen (secondary N) is 2. The van der Waals surface area contributed by atoms with Crippen molar-refractivity contribution >= 4 is 28.6 Å². The number of amides is 3. The number of carbonyl (C=O) groups excluding carboxylic acids is 3. The molecule has 0 radical (unpaired) electrons. The molecule has 2 aromatic rings. The van der Waals surface area contributed by atoms with Crippen molar-refractivity contribution in [1.29, 1.82) is 0 Å². The Balaban J connectivity index is 1.59. The number of H-pyrrole nitrogens is 1. The third kappa shape index (κ3) is 3.63. The van der Waals surface area contributed by atoms with Gasteiger partial charge < -0.3 is 25.2 Å². The fourth-order valence-electron chi connectivity index (χ4n) is 2.86. The summed E-state index contributed by atoms with van der Waals surface area (Å²) in [5.41, 5.74) is 1.42. The van der Waals surface area contributed by atoms with Gasteiger partial charge in [0.15, 0.2) is 0 Å². The minimum atomic E-state index is -0.732. The Morgan fingerprint density at radius 2 is 1.76 bits per heavy atom. The molecular formula is C17H20N4O4. The van der Waals surface area contributed by atoms with Gasteiger partial charge in [0.05, 0.1) is 6.61 Å². The first kappa shape index (κ1) is 17.0. The Morgan fingerprint density at radius 1 is 1.08 bits per heavy atom. The van der Waals surface area contributed by atoms with Gasteiger partial charge in [-0.3, -0.25) is 14.4 Å². The number of piperazine rings is 1. The monoisotopic (exact) mass is 344 g/mol. The third-order valence-electron chi connectivity index (χ3n) is 4.21. The molecule has 0 bridgehead atoms. The number of aromatic amines is 1. The maximum atomic E-state index is 12.6. The van der Waals surface area contributed by atoms with Gasteiger partial charge >= 0.3 is 11.8 Å². The van der Waals surface area contributed by atoms with Gasteiger partial charge in [-0.25, -0.2) is 0 Å². The van der Waals surface area contributed by atoms with Crippen molar-refractivity contribution in [2.45, 2.75) is 0 Å². The highest BCUT2D eigenvalue weighted by molar-refractivity contribution is 6.35. The number of para-hydroxylation sites is 1. The summed E-state index contributed by atoms with van der Waals surface area (Å²) in [5, 5.41) is 12.0. The molecule has 132 valence electrons. The molecule has 8 nitrogen and oxygen atoms in total. The van der Waals surface area contributed by atoms with E-state index in [0.717, 1.165) is 10.9 Å². The van der Waals surface area contributed by atoms with Crippen LogP contribution in [-0.2, 0) is 9.59 Å². The van der Waals surface area contributed by atoms with Crippen molar-refractivity contribution in [2.24, 2.45) is 0 Å². The molecule has 8 heteroatoms. The van der Waals surface area contributed by atoms with E-state index >= 15 is 0 Å². The maximum Gasteiger partial charge on any atom is 0.312 e. The molecule has 1 aliphatic rings. The summed E-state index contributed by atoms with van der Waals surface area (Å²) < 4.78 is 0. The quantitative estimate of drug-likeness (QED) is 0.657. The number of aliphatic hydroxyl groups is 1. The number of hydrogen-bond donors (Lipinski definition) is 3. The average Bonchev–Trinajstić information content (AvgIpc) is 3.09. The number of rotatable bonds is 3. The van der Waals surface area contributed by atoms with E-state index < -0.39 is 11.8 Å². The molecule has 2 heterocycles. The van der Waals surface area contributed by atoms with Gasteiger partial charge in [-0.2, -0.15) is 0 Å². The largest absolute Gasteiger partial charge is 0.395 e. The van der Waals surface area contributed by atoms with Crippen LogP contribution >= 0.6 is 0 Å². The lowest BCUT2D eigenvalue weighted by Gasteiger charge is -2.34. The number of hydrogen-bond acceptors (Lipinski definition) is 4. The Bertz CT molecular complexity index is 760. The highest BCUT2D eigenvalue weighted by Gasteiger charge is 2.28. The molecular weight excluding hydrogens is 324 g/mol. The minimum absolute atomic E-state index is 0.0450. The first-order chi connectivity index (χ1) is 12.1. The predicted molar refractivity (Wildman–Crippen MR) is 90.9 cm³/mol. The number of carbonyl (C=O) groups is 3. The van der Waals surface area contributed by atoms with Crippen molar-refractivity contribution in [3.05, 3.63) is 36.0 Å². The molecule has 1 aromatic heterocycles. The second-order valence-electron chi connectivity index (χ2n) is 5.83. The minimum Gasteiger partial charge on any atom is -0.395 e. The zero-order valence-corrected chi connectivity index (χ0v) is 13.7. The van der Waals surface area contributed by atoms with Crippen LogP contribution in [0.4, 0.5) is 0 Å². The van der Waals surface area contributed by atoms with E-state index in [0.29, 0.717) is 31.9 Å². The summed E-state index contributed by atoms with van der Waals surface area (Å²) in [7, 11) is 0. The van der Waals surface area contributed by atoms with E-state index in [4.69, 9.17) is 5.11 Å². The molecule has 1 aromatic carbocycles. The average molecular weight is 344 g/mol. The van der Waals surface area contributed by atoms with Crippen molar-refractivity contribution in [3.63, 3.8) is 0 Å². The molecule has 0 saturated carbocycles. The second-order valence-corrected chi connectivity index (χ2v) is 5.83. The summed E-state index contributed by atoms with van der Waals surface area (Å²) in [5.74, 6) is -1.48. The molecule has 3 N–H and O–H groups in total. The van der Waals surface area contributed by atoms with Gasteiger partial charge in [0, 0.05) is 43.6 Å². The van der Waals surface area contributed by atoms with Crippen molar-refractivity contribution < 1.29 is 19.5 Å². The van der Waals surface area contributed by atoms with Gasteiger partial charge in [-0.15, -0.1) is 0 Å². The van der Waals surface area contributed by atoms with Crippen LogP contribution in [0.15, 0.2) is 30.3 Å². The molecule has 3 amide bonds. The van der Waals surface area contributed by atoms with Gasteiger partial charge in [0.25, 0.3) is 5.91 Å². The Labute approximate surface area is 144 Å². The van der Waals surface area contributed by atoms with Crippen LogP contribution in [0.1, 0.15) is 10.5 Å². The van der Waals surface area contributed by atoms with Crippen molar-refractivity contribution in [1.82, 2.24) is 20.1 Å². The summed E-state index contributed by atoms with van der Waals surface area (Å²) in [4.78, 5) is 42.4.